The van der Waals surface area contributed by atoms with Crippen LogP contribution in [-0.2, 0) is 9.53 Å². The molecule has 4 heteroatoms. The monoisotopic (exact) mass is 321 g/mol. The van der Waals surface area contributed by atoms with Gasteiger partial charge >= 0.3 is 6.09 Å². The van der Waals surface area contributed by atoms with Crippen molar-refractivity contribution in [2.24, 2.45) is 29.1 Å². The summed E-state index contributed by atoms with van der Waals surface area (Å²) in [5.41, 5.74) is -0.178. The van der Waals surface area contributed by atoms with Crippen LogP contribution in [0.2, 0.25) is 0 Å². The third kappa shape index (κ3) is 2.78. The van der Waals surface area contributed by atoms with E-state index in [9.17, 15) is 9.59 Å². The molecular weight excluding hydrogens is 290 g/mol. The van der Waals surface area contributed by atoms with Crippen LogP contribution in [0.1, 0.15) is 60.3 Å². The van der Waals surface area contributed by atoms with Crippen molar-refractivity contribution in [1.29, 1.82) is 0 Å². The van der Waals surface area contributed by atoms with Gasteiger partial charge in [-0.2, -0.15) is 0 Å². The Kier molecular flexibility index (Phi) is 4.01. The van der Waals surface area contributed by atoms with E-state index in [2.05, 4.69) is 13.8 Å². The highest BCUT2D eigenvalue weighted by Crippen LogP contribution is 2.63. The molecular formula is C19H31NO3. The average Bonchev–Trinajstić information content (AvgIpc) is 2.93. The highest BCUT2D eigenvalue weighted by molar-refractivity contribution is 5.69. The second-order valence-corrected chi connectivity index (χ2v) is 9.36. The van der Waals surface area contributed by atoms with Gasteiger partial charge in [0.05, 0.1) is 0 Å². The van der Waals surface area contributed by atoms with Crippen molar-refractivity contribution < 1.29 is 14.3 Å². The van der Waals surface area contributed by atoms with Crippen molar-refractivity contribution in [1.82, 2.24) is 4.90 Å². The van der Waals surface area contributed by atoms with Crippen LogP contribution in [0.15, 0.2) is 0 Å². The number of fused-ring (bicyclic) bond motifs is 2. The molecule has 0 N–H and O–H groups in total. The molecule has 4 rings (SSSR count). The summed E-state index contributed by atoms with van der Waals surface area (Å²) in [7, 11) is 0. The first-order chi connectivity index (χ1) is 10.6. The Bertz CT molecular complexity index is 493. The third-order valence-electron chi connectivity index (χ3n) is 6.64. The molecule has 5 atom stereocenters. The van der Waals surface area contributed by atoms with E-state index in [-0.39, 0.29) is 23.5 Å². The molecule has 23 heavy (non-hydrogen) atoms. The number of ether oxygens (including phenoxy) is 1. The molecule has 0 aromatic heterocycles. The summed E-state index contributed by atoms with van der Waals surface area (Å²) in [5, 5.41) is 0. The van der Waals surface area contributed by atoms with E-state index in [0.29, 0.717) is 17.8 Å². The molecule has 1 saturated heterocycles. The van der Waals surface area contributed by atoms with Crippen LogP contribution in [0.25, 0.3) is 0 Å². The summed E-state index contributed by atoms with van der Waals surface area (Å²) in [5.74, 6) is 1.61. The van der Waals surface area contributed by atoms with E-state index in [0.717, 1.165) is 25.8 Å². The van der Waals surface area contributed by atoms with Gasteiger partial charge in [-0.15, -0.1) is 0 Å². The molecule has 0 aromatic rings. The van der Waals surface area contributed by atoms with E-state index in [1.165, 1.54) is 12.7 Å². The first-order valence-electron chi connectivity index (χ1n) is 9.10. The molecule has 4 aliphatic rings. The van der Waals surface area contributed by atoms with Crippen molar-refractivity contribution in [2.45, 2.75) is 71.9 Å². The summed E-state index contributed by atoms with van der Waals surface area (Å²) in [6, 6.07) is 0.182. The first-order valence-corrected chi connectivity index (χ1v) is 9.10. The number of carbonyl (C=O) groups is 2. The number of amides is 1. The second kappa shape index (κ2) is 5.49. The minimum Gasteiger partial charge on any atom is -0.444 e. The maximum atomic E-state index is 12.5. The van der Waals surface area contributed by atoms with Gasteiger partial charge in [-0.05, 0) is 69.6 Å². The lowest BCUT2D eigenvalue weighted by atomic mass is 9.42. The SMILES string of the molecule is CC(C)(C)OC(=O)N1CCCC1C1CC2CC(C1C=O)C2(C)C. The van der Waals surface area contributed by atoms with Crippen LogP contribution in [0.5, 0.6) is 0 Å². The number of rotatable bonds is 2. The molecule has 5 unspecified atom stereocenters. The number of hydrogen-bond donors (Lipinski definition) is 0. The summed E-state index contributed by atoms with van der Waals surface area (Å²) in [6.45, 7) is 11.1. The number of carbonyl (C=O) groups excluding carboxylic acids is 2. The fourth-order valence-electron chi connectivity index (χ4n) is 5.29. The summed E-state index contributed by atoms with van der Waals surface area (Å²) in [6.07, 6.45) is 5.27. The zero-order chi connectivity index (χ0) is 17.0. The molecule has 4 fully saturated rings. The lowest BCUT2D eigenvalue weighted by molar-refractivity contribution is -0.156. The van der Waals surface area contributed by atoms with E-state index in [1.807, 2.05) is 25.7 Å². The summed E-state index contributed by atoms with van der Waals surface area (Å²) in [4.78, 5) is 26.3. The van der Waals surface area contributed by atoms with Crippen LogP contribution in [0.3, 0.4) is 0 Å². The maximum Gasteiger partial charge on any atom is 0.410 e. The molecule has 0 aromatic carbocycles. The van der Waals surface area contributed by atoms with E-state index >= 15 is 0 Å². The molecule has 0 radical (unpaired) electrons. The first kappa shape index (κ1) is 16.8. The van der Waals surface area contributed by atoms with Gasteiger partial charge in [0.1, 0.15) is 11.9 Å². The molecule has 1 aliphatic heterocycles. The molecule has 2 bridgehead atoms. The normalized spacial score (nSPS) is 38.8. The lowest BCUT2D eigenvalue weighted by Gasteiger charge is -2.62. The Balaban J connectivity index is 1.75. The fraction of sp³-hybridized carbons (Fsp3) is 0.895. The predicted molar refractivity (Wildman–Crippen MR) is 89.0 cm³/mol. The molecule has 3 aliphatic carbocycles. The molecule has 0 spiro atoms. The van der Waals surface area contributed by atoms with Gasteiger partial charge < -0.3 is 14.4 Å². The standard InChI is InChI=1S/C19H31NO3/c1-18(2,3)23-17(22)20-8-6-7-16(20)13-9-12-10-15(14(13)11-21)19(12,4)5/h11-16H,6-10H2,1-5H3. The van der Waals surface area contributed by atoms with E-state index < -0.39 is 5.60 Å². The Morgan fingerprint density at radius 1 is 1.26 bits per heavy atom. The van der Waals surface area contributed by atoms with Gasteiger partial charge in [0.2, 0.25) is 0 Å². The highest BCUT2D eigenvalue weighted by atomic mass is 16.6. The fourth-order valence-corrected chi connectivity index (χ4v) is 5.29. The average molecular weight is 321 g/mol. The van der Waals surface area contributed by atoms with Crippen molar-refractivity contribution in [3.8, 4) is 0 Å². The number of likely N-dealkylation sites (tertiary alicyclic amines) is 1. The molecule has 3 saturated carbocycles. The zero-order valence-corrected chi connectivity index (χ0v) is 15.2. The largest absolute Gasteiger partial charge is 0.444 e. The minimum absolute atomic E-state index is 0.100. The van der Waals surface area contributed by atoms with Crippen LogP contribution >= 0.6 is 0 Å². The Morgan fingerprint density at radius 3 is 2.52 bits per heavy atom. The van der Waals surface area contributed by atoms with Gasteiger partial charge in [0.25, 0.3) is 0 Å². The van der Waals surface area contributed by atoms with Crippen LogP contribution in [0.4, 0.5) is 4.79 Å². The van der Waals surface area contributed by atoms with E-state index in [4.69, 9.17) is 4.74 Å². The zero-order valence-electron chi connectivity index (χ0n) is 15.2. The topological polar surface area (TPSA) is 46.6 Å². The smallest absolute Gasteiger partial charge is 0.410 e. The van der Waals surface area contributed by atoms with Crippen molar-refractivity contribution in [2.75, 3.05) is 6.54 Å². The van der Waals surface area contributed by atoms with Gasteiger partial charge in [0, 0.05) is 18.5 Å². The number of hydrogen-bond acceptors (Lipinski definition) is 3. The number of aldehydes is 1. The van der Waals surface area contributed by atoms with Gasteiger partial charge in [-0.3, -0.25) is 0 Å². The third-order valence-corrected chi connectivity index (χ3v) is 6.64. The van der Waals surface area contributed by atoms with Gasteiger partial charge in [0.15, 0.2) is 0 Å². The molecule has 4 nitrogen and oxygen atoms in total. The quantitative estimate of drug-likeness (QED) is 0.725. The van der Waals surface area contributed by atoms with Crippen LogP contribution in [-0.4, -0.2) is 35.5 Å². The van der Waals surface area contributed by atoms with Crippen molar-refractivity contribution in [3.63, 3.8) is 0 Å². The van der Waals surface area contributed by atoms with Crippen LogP contribution < -0.4 is 0 Å². The summed E-state index contributed by atoms with van der Waals surface area (Å²) >= 11 is 0. The minimum atomic E-state index is -0.467. The molecule has 1 amide bonds. The van der Waals surface area contributed by atoms with Crippen molar-refractivity contribution in [3.05, 3.63) is 0 Å². The predicted octanol–water partition coefficient (Wildman–Crippen LogP) is 3.88. The lowest BCUT2D eigenvalue weighted by Crippen LogP contribution is -2.59. The maximum absolute atomic E-state index is 12.5. The van der Waals surface area contributed by atoms with Gasteiger partial charge in [-0.25, -0.2) is 4.79 Å². The highest BCUT2D eigenvalue weighted by Gasteiger charge is 2.59. The van der Waals surface area contributed by atoms with Crippen LogP contribution in [0, 0.1) is 29.1 Å². The Morgan fingerprint density at radius 2 is 1.96 bits per heavy atom. The summed E-state index contributed by atoms with van der Waals surface area (Å²) < 4.78 is 5.59. The Labute approximate surface area is 139 Å². The Hall–Kier alpha value is -1.06. The second-order valence-electron chi connectivity index (χ2n) is 9.36. The van der Waals surface area contributed by atoms with Crippen molar-refractivity contribution >= 4 is 12.4 Å². The number of nitrogens with zero attached hydrogens (tertiary/aromatic N) is 1. The van der Waals surface area contributed by atoms with E-state index in [1.54, 1.807) is 0 Å². The molecule has 130 valence electrons. The molecule has 1 heterocycles. The van der Waals surface area contributed by atoms with Gasteiger partial charge in [-0.1, -0.05) is 13.8 Å².